The zero-order valence-corrected chi connectivity index (χ0v) is 23.6. The maximum absolute atomic E-state index is 14.5. The molecule has 0 aliphatic carbocycles. The Bertz CT molecular complexity index is 1410. The van der Waals surface area contributed by atoms with Crippen molar-refractivity contribution in [3.8, 4) is 11.1 Å². The van der Waals surface area contributed by atoms with Crippen molar-refractivity contribution in [2.45, 2.75) is 51.1 Å². The number of amides is 1. The first-order chi connectivity index (χ1) is 19.6. The number of nitrogens with zero attached hydrogens (tertiary/aromatic N) is 3. The van der Waals surface area contributed by atoms with E-state index in [0.29, 0.717) is 18.4 Å². The summed E-state index contributed by atoms with van der Waals surface area (Å²) >= 11 is 0. The Morgan fingerprint density at radius 3 is 2.38 bits per heavy atom. The van der Waals surface area contributed by atoms with Gasteiger partial charge in [-0.15, -0.1) is 0 Å². The van der Waals surface area contributed by atoms with Gasteiger partial charge in [0.25, 0.3) is 0 Å². The number of carbonyl (C=O) groups excluding carboxylic acids is 1. The summed E-state index contributed by atoms with van der Waals surface area (Å²) in [5.41, 5.74) is 6.16. The number of nitrogens with one attached hydrogen (secondary N) is 1. The number of carbonyl (C=O) groups is 1. The number of aromatic nitrogens is 2. The summed E-state index contributed by atoms with van der Waals surface area (Å²) < 4.78 is 2.04. The number of hydrogen-bond acceptors (Lipinski definition) is 3. The molecule has 1 aromatic heterocycles. The molecular formula is C35H40N4O. The van der Waals surface area contributed by atoms with Gasteiger partial charge in [-0.2, -0.15) is 5.10 Å². The lowest BCUT2D eigenvalue weighted by atomic mass is 9.80. The van der Waals surface area contributed by atoms with Crippen molar-refractivity contribution < 1.29 is 4.79 Å². The molecule has 0 saturated carbocycles. The van der Waals surface area contributed by atoms with Crippen LogP contribution in [0.2, 0.25) is 0 Å². The number of piperidine rings is 1. The number of hydrogen-bond donors (Lipinski definition) is 1. The van der Waals surface area contributed by atoms with E-state index in [9.17, 15) is 4.79 Å². The SMILES string of the molecule is CC(C)Cn1cc(-c2ccccc2[C@@H]2CNC[C@H]2C(=O)N2CC[C@H](c3ccccc3)C[C@H]2c2ccccc2)cn1. The summed E-state index contributed by atoms with van der Waals surface area (Å²) in [4.78, 5) is 16.7. The Morgan fingerprint density at radius 2 is 1.62 bits per heavy atom. The lowest BCUT2D eigenvalue weighted by Crippen LogP contribution is -2.45. The highest BCUT2D eigenvalue weighted by molar-refractivity contribution is 5.82. The third-order valence-electron chi connectivity index (χ3n) is 8.73. The van der Waals surface area contributed by atoms with Gasteiger partial charge in [-0.05, 0) is 46.9 Å². The van der Waals surface area contributed by atoms with Crippen LogP contribution in [-0.4, -0.2) is 40.2 Å². The second-order valence-corrected chi connectivity index (χ2v) is 11.9. The fraction of sp³-hybridized carbons (Fsp3) is 0.371. The van der Waals surface area contributed by atoms with E-state index in [1.165, 1.54) is 22.3 Å². The van der Waals surface area contributed by atoms with Gasteiger partial charge in [-0.1, -0.05) is 98.8 Å². The molecule has 1 amide bonds. The Kier molecular flexibility index (Phi) is 7.83. The summed E-state index contributed by atoms with van der Waals surface area (Å²) in [5, 5.41) is 8.20. The lowest BCUT2D eigenvalue weighted by Gasteiger charge is -2.42. The minimum absolute atomic E-state index is 0.0819. The Balaban J connectivity index is 1.28. The van der Waals surface area contributed by atoms with Crippen LogP contribution in [0, 0.1) is 11.8 Å². The van der Waals surface area contributed by atoms with Crippen molar-refractivity contribution in [2.24, 2.45) is 11.8 Å². The van der Waals surface area contributed by atoms with Crippen molar-refractivity contribution in [3.63, 3.8) is 0 Å². The molecule has 5 heteroatoms. The molecule has 2 aliphatic heterocycles. The van der Waals surface area contributed by atoms with Crippen LogP contribution >= 0.6 is 0 Å². The van der Waals surface area contributed by atoms with Crippen molar-refractivity contribution in [2.75, 3.05) is 19.6 Å². The molecule has 5 nitrogen and oxygen atoms in total. The van der Waals surface area contributed by atoms with Crippen molar-refractivity contribution in [1.29, 1.82) is 0 Å². The van der Waals surface area contributed by atoms with Crippen molar-refractivity contribution in [3.05, 3.63) is 114 Å². The van der Waals surface area contributed by atoms with Crippen LogP contribution in [-0.2, 0) is 11.3 Å². The van der Waals surface area contributed by atoms with Crippen LogP contribution in [0.5, 0.6) is 0 Å². The van der Waals surface area contributed by atoms with Gasteiger partial charge in [-0.3, -0.25) is 9.48 Å². The van der Waals surface area contributed by atoms with Gasteiger partial charge in [0.05, 0.1) is 18.2 Å². The van der Waals surface area contributed by atoms with Gasteiger partial charge in [0.1, 0.15) is 0 Å². The van der Waals surface area contributed by atoms with E-state index in [1.807, 2.05) is 10.9 Å². The molecule has 1 N–H and O–H groups in total. The van der Waals surface area contributed by atoms with E-state index in [2.05, 4.69) is 120 Å². The molecule has 0 bridgehead atoms. The van der Waals surface area contributed by atoms with Crippen LogP contribution in [0.25, 0.3) is 11.1 Å². The highest BCUT2D eigenvalue weighted by Gasteiger charge is 2.41. The van der Waals surface area contributed by atoms with Gasteiger partial charge < -0.3 is 10.2 Å². The molecule has 0 radical (unpaired) electrons. The third kappa shape index (κ3) is 5.48. The molecule has 3 heterocycles. The smallest absolute Gasteiger partial charge is 0.228 e. The van der Waals surface area contributed by atoms with E-state index in [4.69, 9.17) is 0 Å². The fourth-order valence-electron chi connectivity index (χ4n) is 6.79. The monoisotopic (exact) mass is 532 g/mol. The maximum atomic E-state index is 14.5. The molecule has 6 rings (SSSR count). The molecule has 4 atom stereocenters. The normalized spacial score (nSPS) is 23.0. The molecular weight excluding hydrogens is 492 g/mol. The van der Waals surface area contributed by atoms with Gasteiger partial charge in [0.15, 0.2) is 0 Å². The number of rotatable bonds is 7. The van der Waals surface area contributed by atoms with Crippen LogP contribution < -0.4 is 5.32 Å². The molecule has 0 unspecified atom stereocenters. The molecule has 40 heavy (non-hydrogen) atoms. The largest absolute Gasteiger partial charge is 0.335 e. The lowest BCUT2D eigenvalue weighted by molar-refractivity contribution is -0.139. The van der Waals surface area contributed by atoms with E-state index in [-0.39, 0.29) is 23.8 Å². The molecule has 0 spiro atoms. The minimum atomic E-state index is -0.0913. The Morgan fingerprint density at radius 1 is 0.925 bits per heavy atom. The molecule has 2 aliphatic rings. The van der Waals surface area contributed by atoms with Crippen LogP contribution in [0.15, 0.2) is 97.3 Å². The Hall–Kier alpha value is -3.70. The molecule has 3 aromatic carbocycles. The zero-order valence-electron chi connectivity index (χ0n) is 23.6. The van der Waals surface area contributed by atoms with E-state index < -0.39 is 0 Å². The van der Waals surface area contributed by atoms with Crippen LogP contribution in [0.3, 0.4) is 0 Å². The van der Waals surface area contributed by atoms with Crippen molar-refractivity contribution >= 4 is 5.91 Å². The molecule has 206 valence electrons. The predicted octanol–water partition coefficient (Wildman–Crippen LogP) is 6.66. The average molecular weight is 533 g/mol. The van der Waals surface area contributed by atoms with Gasteiger partial charge >= 0.3 is 0 Å². The summed E-state index contributed by atoms with van der Waals surface area (Å²) in [6.07, 6.45) is 6.07. The third-order valence-corrected chi connectivity index (χ3v) is 8.73. The second-order valence-electron chi connectivity index (χ2n) is 11.9. The van der Waals surface area contributed by atoms with Crippen LogP contribution in [0.4, 0.5) is 0 Å². The first kappa shape index (κ1) is 26.5. The fourth-order valence-corrected chi connectivity index (χ4v) is 6.79. The van der Waals surface area contributed by atoms with E-state index in [0.717, 1.165) is 38.0 Å². The quantitative estimate of drug-likeness (QED) is 0.290. The molecule has 2 fully saturated rings. The molecule has 2 saturated heterocycles. The highest BCUT2D eigenvalue weighted by atomic mass is 16.2. The number of benzene rings is 3. The molecule has 4 aromatic rings. The first-order valence-corrected chi connectivity index (χ1v) is 14.8. The summed E-state index contributed by atoms with van der Waals surface area (Å²) in [7, 11) is 0. The van der Waals surface area contributed by atoms with Gasteiger partial charge in [0, 0.05) is 43.9 Å². The first-order valence-electron chi connectivity index (χ1n) is 14.8. The summed E-state index contributed by atoms with van der Waals surface area (Å²) in [5.74, 6) is 1.30. The summed E-state index contributed by atoms with van der Waals surface area (Å²) in [6.45, 7) is 7.62. The zero-order chi connectivity index (χ0) is 27.5. The van der Waals surface area contributed by atoms with Crippen LogP contribution in [0.1, 0.15) is 61.3 Å². The average Bonchev–Trinajstić information content (AvgIpc) is 3.67. The van der Waals surface area contributed by atoms with Crippen molar-refractivity contribution in [1.82, 2.24) is 20.0 Å². The predicted molar refractivity (Wildman–Crippen MR) is 161 cm³/mol. The maximum Gasteiger partial charge on any atom is 0.228 e. The number of likely N-dealkylation sites (tertiary alicyclic amines) is 1. The topological polar surface area (TPSA) is 50.2 Å². The second kappa shape index (κ2) is 11.8. The standard InChI is InChI=1S/C35H40N4O/c1-25(2)23-38-24-29(20-37-38)30-15-9-10-16-31(30)32-21-36-22-33(32)35(40)39-18-17-28(26-11-5-3-6-12-26)19-34(39)27-13-7-4-8-14-27/h3-16,20,24-25,28,32-34,36H,17-19,21-23H2,1-2H3/t28-,32-,33+,34-/m0/s1. The highest BCUT2D eigenvalue weighted by Crippen LogP contribution is 2.42. The van der Waals surface area contributed by atoms with E-state index in [1.54, 1.807) is 0 Å². The summed E-state index contributed by atoms with van der Waals surface area (Å²) in [6, 6.07) is 30.1. The Labute approximate surface area is 238 Å². The van der Waals surface area contributed by atoms with Gasteiger partial charge in [0.2, 0.25) is 5.91 Å². The minimum Gasteiger partial charge on any atom is -0.335 e. The van der Waals surface area contributed by atoms with E-state index >= 15 is 0 Å². The van der Waals surface area contributed by atoms with Gasteiger partial charge in [-0.25, -0.2) is 0 Å².